The lowest BCUT2D eigenvalue weighted by molar-refractivity contribution is 0.0636. The monoisotopic (exact) mass is 711 g/mol. The molecule has 48 heavy (non-hydrogen) atoms. The van der Waals surface area contributed by atoms with Gasteiger partial charge in [-0.25, -0.2) is 28.5 Å². The molecule has 1 amide bonds. The van der Waals surface area contributed by atoms with Gasteiger partial charge in [0.2, 0.25) is 5.16 Å². The molecule has 2 aromatic carbocycles. The molecule has 0 fully saturated rings. The number of nitrogens with two attached hydrogens (primary N) is 1. The van der Waals surface area contributed by atoms with Crippen LogP contribution in [0.5, 0.6) is 5.75 Å². The molecule has 11 nitrogen and oxygen atoms in total. The van der Waals surface area contributed by atoms with Crippen molar-refractivity contribution in [1.82, 2.24) is 15.0 Å². The Balaban J connectivity index is 1.62. The van der Waals surface area contributed by atoms with Gasteiger partial charge in [0, 0.05) is 29.0 Å². The summed E-state index contributed by atoms with van der Waals surface area (Å²) in [5.41, 5.74) is 5.50. The molecule has 0 saturated heterocycles. The van der Waals surface area contributed by atoms with Gasteiger partial charge in [-0.15, -0.1) is 11.3 Å². The summed E-state index contributed by atoms with van der Waals surface area (Å²) in [7, 11) is -1.74. The van der Waals surface area contributed by atoms with Gasteiger partial charge in [0.15, 0.2) is 11.6 Å². The minimum Gasteiger partial charge on any atom is -0.489 e. The highest BCUT2D eigenvalue weighted by Crippen LogP contribution is 2.51. The Hall–Kier alpha value is -4.65. The molecule has 6 rings (SSSR count). The molecule has 2 atom stereocenters. The van der Waals surface area contributed by atoms with E-state index in [1.54, 1.807) is 33.0 Å². The Morgan fingerprint density at radius 1 is 1.27 bits per heavy atom. The molecule has 5 aromatic rings. The highest BCUT2D eigenvalue weighted by Gasteiger charge is 2.34. The second-order valence-corrected chi connectivity index (χ2v) is 14.6. The second kappa shape index (κ2) is 12.4. The summed E-state index contributed by atoms with van der Waals surface area (Å²) in [4.78, 5) is 27.6. The van der Waals surface area contributed by atoms with E-state index < -0.39 is 40.2 Å². The van der Waals surface area contributed by atoms with Crippen LogP contribution in [-0.2, 0) is 15.5 Å². The number of nitrogens with zero attached hydrogens (tertiary/aromatic N) is 5. The molecule has 4 heterocycles. The number of anilines is 3. The van der Waals surface area contributed by atoms with Crippen molar-refractivity contribution in [2.45, 2.75) is 44.5 Å². The smallest absolute Gasteiger partial charge is 0.412 e. The van der Waals surface area contributed by atoms with Crippen molar-refractivity contribution in [2.75, 3.05) is 35.4 Å². The summed E-state index contributed by atoms with van der Waals surface area (Å²) in [6, 6.07) is 7.55. The number of nitrogens with one attached hydrogen (secondary N) is 1. The molecule has 16 heteroatoms. The molecule has 3 aromatic heterocycles. The number of nitriles is 1. The van der Waals surface area contributed by atoms with Crippen LogP contribution in [-0.4, -0.2) is 50.3 Å². The van der Waals surface area contributed by atoms with E-state index in [2.05, 4.69) is 20.3 Å². The molecular formula is C32H28ClF2N7O4S2. The molecule has 0 saturated carbocycles. The van der Waals surface area contributed by atoms with Crippen molar-refractivity contribution in [3.8, 4) is 22.9 Å². The van der Waals surface area contributed by atoms with Crippen LogP contribution >= 0.6 is 22.9 Å². The fourth-order valence-corrected chi connectivity index (χ4v) is 7.43. The SMILES string of the molecule is CC(c1cccnc1N)N1CCOc2c(Cl)c(-c3ccc(F)c4sc(NC(=O)OC(C)(C)C)c(C#N)c34)c(F)c3nc(S(C)=O)nc1c23. The zero-order valence-corrected chi connectivity index (χ0v) is 28.7. The average Bonchev–Trinajstić information content (AvgIpc) is 3.27. The van der Waals surface area contributed by atoms with Crippen molar-refractivity contribution in [1.29, 1.82) is 5.26 Å². The Bertz CT molecular complexity index is 2220. The van der Waals surface area contributed by atoms with Crippen LogP contribution in [0.4, 0.5) is 30.2 Å². The Morgan fingerprint density at radius 3 is 2.69 bits per heavy atom. The molecule has 1 aliphatic heterocycles. The number of rotatable bonds is 5. The molecule has 3 N–H and O–H groups in total. The van der Waals surface area contributed by atoms with Crippen LogP contribution < -0.4 is 20.7 Å². The lowest BCUT2D eigenvalue weighted by Gasteiger charge is -2.30. The van der Waals surface area contributed by atoms with Crippen molar-refractivity contribution in [2.24, 2.45) is 0 Å². The van der Waals surface area contributed by atoms with Gasteiger partial charge in [-0.2, -0.15) is 5.26 Å². The number of carbonyl (C=O) groups excluding carboxylic acids is 1. The number of thiophene rings is 1. The third kappa shape index (κ3) is 5.73. The molecule has 0 radical (unpaired) electrons. The number of pyridine rings is 1. The van der Waals surface area contributed by atoms with Gasteiger partial charge < -0.3 is 20.1 Å². The van der Waals surface area contributed by atoms with Crippen molar-refractivity contribution in [3.63, 3.8) is 0 Å². The maximum Gasteiger partial charge on any atom is 0.412 e. The van der Waals surface area contributed by atoms with Gasteiger partial charge in [0.05, 0.1) is 44.1 Å². The van der Waals surface area contributed by atoms with Gasteiger partial charge in [0.1, 0.15) is 46.2 Å². The zero-order chi connectivity index (χ0) is 34.7. The van der Waals surface area contributed by atoms with Crippen LogP contribution in [0.15, 0.2) is 35.6 Å². The minimum absolute atomic E-state index is 0.00684. The molecular weight excluding hydrogens is 684 g/mol. The van der Waals surface area contributed by atoms with E-state index >= 15 is 8.78 Å². The average molecular weight is 712 g/mol. The van der Waals surface area contributed by atoms with E-state index in [-0.39, 0.29) is 77.6 Å². The maximum atomic E-state index is 17.1. The summed E-state index contributed by atoms with van der Waals surface area (Å²) >= 11 is 7.78. The van der Waals surface area contributed by atoms with E-state index in [0.717, 1.165) is 17.4 Å². The molecule has 0 aliphatic carbocycles. The predicted molar refractivity (Wildman–Crippen MR) is 182 cm³/mol. The summed E-state index contributed by atoms with van der Waals surface area (Å²) in [6.07, 6.45) is 2.09. The van der Waals surface area contributed by atoms with Gasteiger partial charge in [-0.3, -0.25) is 9.53 Å². The fraction of sp³-hybridized carbons (Fsp3) is 0.281. The number of carbonyl (C=O) groups is 1. The van der Waals surface area contributed by atoms with E-state index in [4.69, 9.17) is 26.8 Å². The van der Waals surface area contributed by atoms with Gasteiger partial charge in [0.25, 0.3) is 0 Å². The van der Waals surface area contributed by atoms with E-state index in [1.165, 1.54) is 12.3 Å². The topological polar surface area (TPSA) is 156 Å². The number of halogens is 3. The molecule has 2 unspecified atom stereocenters. The Labute approximate surface area is 285 Å². The fourth-order valence-electron chi connectivity index (χ4n) is 5.59. The first-order valence-corrected chi connectivity index (χ1v) is 17.3. The number of ether oxygens (including phenoxy) is 2. The predicted octanol–water partition coefficient (Wildman–Crippen LogP) is 7.34. The van der Waals surface area contributed by atoms with Crippen LogP contribution in [0.25, 0.3) is 32.1 Å². The molecule has 0 bridgehead atoms. The summed E-state index contributed by atoms with van der Waals surface area (Å²) in [5.74, 6) is -1.06. The number of hydrogen-bond donors (Lipinski definition) is 2. The number of amides is 1. The van der Waals surface area contributed by atoms with Crippen LogP contribution in [0.1, 0.15) is 44.9 Å². The second-order valence-electron chi connectivity index (χ2n) is 11.9. The largest absolute Gasteiger partial charge is 0.489 e. The normalized spacial score (nSPS) is 14.3. The first-order chi connectivity index (χ1) is 22.7. The van der Waals surface area contributed by atoms with E-state index in [9.17, 15) is 14.3 Å². The third-order valence-corrected chi connectivity index (χ3v) is 9.80. The first kappa shape index (κ1) is 33.3. The summed E-state index contributed by atoms with van der Waals surface area (Å²) < 4.78 is 56.6. The van der Waals surface area contributed by atoms with Crippen molar-refractivity contribution >= 4 is 77.5 Å². The highest BCUT2D eigenvalue weighted by atomic mass is 35.5. The zero-order valence-electron chi connectivity index (χ0n) is 26.3. The lowest BCUT2D eigenvalue weighted by Crippen LogP contribution is -2.31. The maximum absolute atomic E-state index is 17.1. The quantitative estimate of drug-likeness (QED) is 0.177. The van der Waals surface area contributed by atoms with Gasteiger partial charge in [-0.05, 0) is 45.4 Å². The van der Waals surface area contributed by atoms with Crippen LogP contribution in [0.3, 0.4) is 0 Å². The Kier molecular flexibility index (Phi) is 8.61. The summed E-state index contributed by atoms with van der Waals surface area (Å²) in [5, 5.41) is 12.6. The van der Waals surface area contributed by atoms with E-state index in [0.29, 0.717) is 11.4 Å². The van der Waals surface area contributed by atoms with E-state index in [1.807, 2.05) is 24.0 Å². The molecule has 248 valence electrons. The number of nitrogen functional groups attached to an aromatic ring is 1. The first-order valence-electron chi connectivity index (χ1n) is 14.5. The molecule has 0 spiro atoms. The Morgan fingerprint density at radius 2 is 2.02 bits per heavy atom. The number of fused-ring (bicyclic) bond motifs is 1. The highest BCUT2D eigenvalue weighted by molar-refractivity contribution is 7.84. The van der Waals surface area contributed by atoms with Gasteiger partial charge >= 0.3 is 6.09 Å². The molecule has 1 aliphatic rings. The van der Waals surface area contributed by atoms with Crippen molar-refractivity contribution < 1.29 is 27.3 Å². The third-order valence-electron chi connectivity index (χ3n) is 7.63. The van der Waals surface area contributed by atoms with Crippen LogP contribution in [0, 0.1) is 23.0 Å². The van der Waals surface area contributed by atoms with Crippen molar-refractivity contribution in [3.05, 3.63) is 58.2 Å². The number of benzene rings is 2. The van der Waals surface area contributed by atoms with Crippen LogP contribution in [0.2, 0.25) is 5.02 Å². The van der Waals surface area contributed by atoms with Gasteiger partial charge in [-0.1, -0.05) is 23.7 Å². The summed E-state index contributed by atoms with van der Waals surface area (Å²) in [6.45, 7) is 7.22. The number of aromatic nitrogens is 3. The standard InChI is InChI=1S/C32H28ClF2N7O4S2/c1-14(15-7-6-10-38-27(15)37)42-11-12-45-25-21-24(39-30(48(5)44)40-28(21)42)23(35)20(22(25)33)16-8-9-18(34)26-19(16)17(13-36)29(47-26)41-31(43)46-32(2,3)4/h6-10,14H,11-12H2,1-5H3,(H2,37,38)(H,41,43). The lowest BCUT2D eigenvalue weighted by atomic mass is 9.96. The number of hydrogen-bond acceptors (Lipinski definition) is 11. The minimum atomic E-state index is -1.74.